The molecular weight excluding hydrogens is 392 g/mol. The zero-order valence-electron chi connectivity index (χ0n) is 20.6. The molecule has 0 saturated heterocycles. The molecule has 1 aliphatic carbocycles. The van der Waals surface area contributed by atoms with E-state index in [-0.39, 0.29) is 5.41 Å². The Bertz CT molecular complexity index is 790. The van der Waals surface area contributed by atoms with Gasteiger partial charge in [-0.05, 0) is 42.9 Å². The van der Waals surface area contributed by atoms with Gasteiger partial charge >= 0.3 is 0 Å². The molecule has 0 heterocycles. The van der Waals surface area contributed by atoms with E-state index in [9.17, 15) is 4.79 Å². The van der Waals surface area contributed by atoms with E-state index in [2.05, 4.69) is 40.7 Å². The molecule has 5 heteroatoms. The summed E-state index contributed by atoms with van der Waals surface area (Å²) in [5, 5.41) is 0. The molecule has 0 spiro atoms. The number of methoxy groups -OCH3 is 2. The number of benzene rings is 1. The van der Waals surface area contributed by atoms with Crippen molar-refractivity contribution >= 4 is 12.0 Å². The number of aryl methyl sites for hydroxylation is 2. The van der Waals surface area contributed by atoms with Crippen molar-refractivity contribution in [2.45, 2.75) is 78.9 Å². The summed E-state index contributed by atoms with van der Waals surface area (Å²) >= 11 is 0. The first-order chi connectivity index (χ1) is 14.6. The lowest BCUT2D eigenvalue weighted by Crippen LogP contribution is -2.50. The van der Waals surface area contributed by atoms with Crippen molar-refractivity contribution in [2.24, 2.45) is 5.41 Å². The maximum Gasteiger partial charge on any atom is 0.182 e. The summed E-state index contributed by atoms with van der Waals surface area (Å²) in [5.74, 6) is 1.13. The summed E-state index contributed by atoms with van der Waals surface area (Å²) in [6.07, 6.45) is 4.56. The van der Waals surface area contributed by atoms with Gasteiger partial charge < -0.3 is 18.9 Å². The topological polar surface area (TPSA) is 54.0 Å². The Labute approximate surface area is 188 Å². The number of hydrogen-bond acceptors (Lipinski definition) is 5. The van der Waals surface area contributed by atoms with Crippen LogP contribution in [0.4, 0.5) is 0 Å². The fourth-order valence-electron chi connectivity index (χ4n) is 3.90. The van der Waals surface area contributed by atoms with E-state index in [1.54, 1.807) is 14.2 Å². The fraction of sp³-hybridized carbons (Fsp3) is 0.654. The van der Waals surface area contributed by atoms with Gasteiger partial charge in [0, 0.05) is 18.2 Å². The van der Waals surface area contributed by atoms with Crippen LogP contribution in [0.15, 0.2) is 17.9 Å². The van der Waals surface area contributed by atoms with Gasteiger partial charge in [0.1, 0.15) is 0 Å². The van der Waals surface area contributed by atoms with E-state index in [0.717, 1.165) is 41.4 Å². The predicted molar refractivity (Wildman–Crippen MR) is 124 cm³/mol. The van der Waals surface area contributed by atoms with Gasteiger partial charge in [0.05, 0.1) is 20.3 Å². The van der Waals surface area contributed by atoms with Gasteiger partial charge in [-0.15, -0.1) is 0 Å². The quantitative estimate of drug-likeness (QED) is 0.332. The summed E-state index contributed by atoms with van der Waals surface area (Å²) in [4.78, 5) is 12.7. The predicted octanol–water partition coefficient (Wildman–Crippen LogP) is 5.70. The minimum absolute atomic E-state index is 0.124. The van der Waals surface area contributed by atoms with Crippen LogP contribution in [-0.2, 0) is 29.3 Å². The van der Waals surface area contributed by atoms with Gasteiger partial charge in [0.15, 0.2) is 29.5 Å². The van der Waals surface area contributed by atoms with Crippen LogP contribution in [0.2, 0.25) is 0 Å². The summed E-state index contributed by atoms with van der Waals surface area (Å²) in [6.45, 7) is 13.5. The van der Waals surface area contributed by atoms with Crippen molar-refractivity contribution in [3.8, 4) is 0 Å². The second-order valence-electron chi connectivity index (χ2n) is 9.66. The van der Waals surface area contributed by atoms with Gasteiger partial charge in [-0.2, -0.15) is 0 Å². The van der Waals surface area contributed by atoms with Crippen LogP contribution in [0, 0.1) is 19.3 Å². The summed E-state index contributed by atoms with van der Waals surface area (Å²) < 4.78 is 24.3. The molecule has 2 rings (SSSR count). The Morgan fingerprint density at radius 1 is 1.06 bits per heavy atom. The molecule has 1 aliphatic rings. The van der Waals surface area contributed by atoms with Gasteiger partial charge in [0.2, 0.25) is 0 Å². The molecule has 0 bridgehead atoms. The lowest BCUT2D eigenvalue weighted by molar-refractivity contribution is -0.166. The Hall–Kier alpha value is -1.85. The van der Waals surface area contributed by atoms with Crippen LogP contribution in [0.25, 0.3) is 5.76 Å². The molecule has 0 N–H and O–H groups in total. The first kappa shape index (κ1) is 25.4. The van der Waals surface area contributed by atoms with Gasteiger partial charge in [-0.25, -0.2) is 0 Å². The van der Waals surface area contributed by atoms with Gasteiger partial charge in [-0.3, -0.25) is 4.79 Å². The molecule has 0 fully saturated rings. The maximum atomic E-state index is 12.7. The van der Waals surface area contributed by atoms with Crippen LogP contribution in [0.3, 0.4) is 0 Å². The fourth-order valence-corrected chi connectivity index (χ4v) is 3.90. The number of ether oxygens (including phenoxy) is 4. The van der Waals surface area contributed by atoms with E-state index in [0.29, 0.717) is 24.7 Å². The molecule has 31 heavy (non-hydrogen) atoms. The standard InChI is InChI=1S/C26H40O5/c1-9-10-11-12-13-30-22-20-14-18(2)19(3)15-21(20)26(16-27,31-17-25(4,5)6)24(29-8)23(22)28-7/h14-16,24H,9-13,17H2,1-8H3. The highest BCUT2D eigenvalue weighted by atomic mass is 16.6. The zero-order valence-corrected chi connectivity index (χ0v) is 20.6. The van der Waals surface area contributed by atoms with E-state index >= 15 is 0 Å². The third-order valence-corrected chi connectivity index (χ3v) is 5.77. The summed E-state index contributed by atoms with van der Waals surface area (Å²) in [6, 6.07) is 4.09. The Kier molecular flexibility index (Phi) is 8.73. The molecule has 2 unspecified atom stereocenters. The van der Waals surface area contributed by atoms with Crippen molar-refractivity contribution in [3.05, 3.63) is 40.1 Å². The Balaban J connectivity index is 2.62. The number of rotatable bonds is 11. The minimum Gasteiger partial charge on any atom is -0.494 e. The van der Waals surface area contributed by atoms with Gasteiger partial charge in [0.25, 0.3) is 0 Å². The first-order valence-electron chi connectivity index (χ1n) is 11.3. The first-order valence-corrected chi connectivity index (χ1v) is 11.3. The van der Waals surface area contributed by atoms with Crippen molar-refractivity contribution in [1.29, 1.82) is 0 Å². The third-order valence-electron chi connectivity index (χ3n) is 5.77. The highest BCUT2D eigenvalue weighted by Crippen LogP contribution is 2.46. The molecule has 0 aliphatic heterocycles. The van der Waals surface area contributed by atoms with Gasteiger partial charge in [-0.1, -0.05) is 53.0 Å². The smallest absolute Gasteiger partial charge is 0.182 e. The number of carbonyl (C=O) groups is 1. The van der Waals surface area contributed by atoms with Crippen LogP contribution in [-0.4, -0.2) is 39.8 Å². The molecule has 174 valence electrons. The average molecular weight is 433 g/mol. The van der Waals surface area contributed by atoms with Crippen LogP contribution >= 0.6 is 0 Å². The van der Waals surface area contributed by atoms with Crippen molar-refractivity contribution < 1.29 is 23.7 Å². The third kappa shape index (κ3) is 5.50. The molecule has 0 amide bonds. The van der Waals surface area contributed by atoms with E-state index in [1.807, 2.05) is 13.0 Å². The summed E-state index contributed by atoms with van der Waals surface area (Å²) in [7, 11) is 3.17. The molecule has 1 aromatic carbocycles. The molecule has 2 atom stereocenters. The Morgan fingerprint density at radius 3 is 2.29 bits per heavy atom. The lowest BCUT2D eigenvalue weighted by Gasteiger charge is -2.42. The monoisotopic (exact) mass is 432 g/mol. The largest absolute Gasteiger partial charge is 0.494 e. The number of fused-ring (bicyclic) bond motifs is 1. The highest BCUT2D eigenvalue weighted by molar-refractivity contribution is 5.80. The van der Waals surface area contributed by atoms with Crippen molar-refractivity contribution in [2.75, 3.05) is 27.4 Å². The molecule has 5 nitrogen and oxygen atoms in total. The van der Waals surface area contributed by atoms with Crippen molar-refractivity contribution in [3.63, 3.8) is 0 Å². The number of carbonyl (C=O) groups excluding carboxylic acids is 1. The molecule has 0 saturated carbocycles. The highest BCUT2D eigenvalue weighted by Gasteiger charge is 2.52. The Morgan fingerprint density at radius 2 is 1.74 bits per heavy atom. The van der Waals surface area contributed by atoms with E-state index < -0.39 is 11.7 Å². The van der Waals surface area contributed by atoms with Crippen LogP contribution in [0.1, 0.15) is 75.6 Å². The lowest BCUT2D eigenvalue weighted by atomic mass is 9.77. The van der Waals surface area contributed by atoms with Crippen LogP contribution in [0.5, 0.6) is 0 Å². The SMILES string of the molecule is CCCCCCOC1=C(OC)C(OC)C(C=O)(OCC(C)(C)C)c2cc(C)c(C)cc21. The summed E-state index contributed by atoms with van der Waals surface area (Å²) in [5.41, 5.74) is 2.38. The number of aldehydes is 1. The average Bonchev–Trinajstić information content (AvgIpc) is 2.72. The normalized spacial score (nSPS) is 21.1. The molecule has 0 radical (unpaired) electrons. The number of unbranched alkanes of at least 4 members (excludes halogenated alkanes) is 3. The second-order valence-corrected chi connectivity index (χ2v) is 9.66. The maximum absolute atomic E-state index is 12.7. The molecular formula is C26H40O5. The van der Waals surface area contributed by atoms with Crippen molar-refractivity contribution in [1.82, 2.24) is 0 Å². The second kappa shape index (κ2) is 10.6. The van der Waals surface area contributed by atoms with E-state index in [1.165, 1.54) is 12.8 Å². The van der Waals surface area contributed by atoms with Crippen LogP contribution < -0.4 is 0 Å². The number of hydrogen-bond donors (Lipinski definition) is 0. The van der Waals surface area contributed by atoms with E-state index in [4.69, 9.17) is 18.9 Å². The minimum atomic E-state index is -1.31. The molecule has 1 aromatic rings. The molecule has 0 aromatic heterocycles. The zero-order chi connectivity index (χ0) is 23.2.